The van der Waals surface area contributed by atoms with Crippen LogP contribution in [0.4, 0.5) is 4.39 Å². The molecule has 2 heterocycles. The normalized spacial score (nSPS) is 16.9. The van der Waals surface area contributed by atoms with Crippen LogP contribution in [-0.4, -0.2) is 59.0 Å². The maximum Gasteiger partial charge on any atom is 0.273 e. The third kappa shape index (κ3) is 3.87. The number of carbonyl (C=O) groups is 2. The third-order valence-electron chi connectivity index (χ3n) is 4.47. The summed E-state index contributed by atoms with van der Waals surface area (Å²) in [5, 5.41) is 6.99. The minimum atomic E-state index is -0.306. The highest BCUT2D eigenvalue weighted by molar-refractivity contribution is 5.92. The van der Waals surface area contributed by atoms with Gasteiger partial charge in [-0.3, -0.25) is 14.7 Å². The number of nitrogens with zero attached hydrogens (tertiary/aromatic N) is 3. The smallest absolute Gasteiger partial charge is 0.273 e. The molecule has 3 rings (SSSR count). The highest BCUT2D eigenvalue weighted by Gasteiger charge is 2.29. The maximum absolute atomic E-state index is 12.9. The molecule has 2 amide bonds. The molecule has 1 N–H and O–H groups in total. The Morgan fingerprint density at radius 3 is 2.72 bits per heavy atom. The van der Waals surface area contributed by atoms with Crippen LogP contribution in [0, 0.1) is 5.82 Å². The van der Waals surface area contributed by atoms with Crippen LogP contribution in [0.3, 0.4) is 0 Å². The molecule has 132 valence electrons. The van der Waals surface area contributed by atoms with Crippen molar-refractivity contribution < 1.29 is 14.0 Å². The summed E-state index contributed by atoms with van der Waals surface area (Å²) in [7, 11) is 3.37. The fraction of sp³-hybridized carbons (Fsp3) is 0.389. The van der Waals surface area contributed by atoms with Crippen LogP contribution in [0.2, 0.25) is 0 Å². The summed E-state index contributed by atoms with van der Waals surface area (Å²) in [6, 6.07) is 7.76. The second-order valence-electron chi connectivity index (χ2n) is 6.54. The van der Waals surface area contributed by atoms with Gasteiger partial charge in [0.1, 0.15) is 11.5 Å². The van der Waals surface area contributed by atoms with Gasteiger partial charge in [-0.25, -0.2) is 4.39 Å². The fourth-order valence-electron chi connectivity index (χ4n) is 3.01. The molecule has 0 saturated carbocycles. The van der Waals surface area contributed by atoms with E-state index in [9.17, 15) is 14.0 Å². The van der Waals surface area contributed by atoms with E-state index in [1.165, 1.54) is 17.0 Å². The Labute approximate surface area is 145 Å². The number of nitrogens with one attached hydrogen (secondary N) is 1. The lowest BCUT2D eigenvalue weighted by Gasteiger charge is -2.16. The summed E-state index contributed by atoms with van der Waals surface area (Å²) in [6.07, 6.45) is 1.09. The van der Waals surface area contributed by atoms with Gasteiger partial charge in [0.15, 0.2) is 0 Å². The van der Waals surface area contributed by atoms with Gasteiger partial charge in [0.25, 0.3) is 5.91 Å². The van der Waals surface area contributed by atoms with Crippen molar-refractivity contribution in [1.82, 2.24) is 20.0 Å². The molecule has 25 heavy (non-hydrogen) atoms. The van der Waals surface area contributed by atoms with E-state index in [1.54, 1.807) is 32.3 Å². The van der Waals surface area contributed by atoms with Crippen molar-refractivity contribution in [2.24, 2.45) is 0 Å². The molecule has 2 aromatic rings. The lowest BCUT2D eigenvalue weighted by atomic mass is 10.0. The first-order valence-corrected chi connectivity index (χ1v) is 8.23. The van der Waals surface area contributed by atoms with Crippen molar-refractivity contribution in [3.8, 4) is 0 Å². The highest BCUT2D eigenvalue weighted by atomic mass is 19.1. The molecular formula is C18H21FN4O2. The summed E-state index contributed by atoms with van der Waals surface area (Å²) in [5.41, 5.74) is 2.06. The third-order valence-corrected chi connectivity index (χ3v) is 4.47. The van der Waals surface area contributed by atoms with E-state index in [-0.39, 0.29) is 30.0 Å². The van der Waals surface area contributed by atoms with E-state index in [1.807, 2.05) is 4.90 Å². The average Bonchev–Trinajstić information content (AvgIpc) is 3.25. The van der Waals surface area contributed by atoms with Gasteiger partial charge in [-0.1, -0.05) is 12.1 Å². The largest absolute Gasteiger partial charge is 0.343 e. The molecule has 7 heteroatoms. The van der Waals surface area contributed by atoms with E-state index in [2.05, 4.69) is 10.2 Å². The summed E-state index contributed by atoms with van der Waals surface area (Å²) >= 11 is 0. The second-order valence-corrected chi connectivity index (χ2v) is 6.54. The zero-order valence-corrected chi connectivity index (χ0v) is 14.3. The van der Waals surface area contributed by atoms with Crippen LogP contribution in [-0.2, 0) is 11.2 Å². The van der Waals surface area contributed by atoms with Gasteiger partial charge in [0.2, 0.25) is 5.91 Å². The number of H-pyrrole nitrogens is 1. The summed E-state index contributed by atoms with van der Waals surface area (Å²) in [6.45, 7) is 1.26. The number of amides is 2. The number of rotatable bonds is 4. The van der Waals surface area contributed by atoms with E-state index >= 15 is 0 Å². The van der Waals surface area contributed by atoms with Crippen LogP contribution in [0.1, 0.15) is 34.1 Å². The summed E-state index contributed by atoms with van der Waals surface area (Å²) < 4.78 is 12.9. The number of carbonyl (C=O) groups excluding carboxylic acids is 2. The van der Waals surface area contributed by atoms with Crippen LogP contribution in [0.5, 0.6) is 0 Å². The van der Waals surface area contributed by atoms with Crippen molar-refractivity contribution in [2.45, 2.75) is 18.8 Å². The Morgan fingerprint density at radius 1 is 1.32 bits per heavy atom. The van der Waals surface area contributed by atoms with Crippen LogP contribution in [0.25, 0.3) is 0 Å². The summed E-state index contributed by atoms with van der Waals surface area (Å²) in [5.74, 6) is -0.281. The molecule has 0 unspecified atom stereocenters. The van der Waals surface area contributed by atoms with E-state index in [0.29, 0.717) is 18.8 Å². The number of likely N-dealkylation sites (tertiary alicyclic amines) is 1. The lowest BCUT2D eigenvalue weighted by Crippen LogP contribution is -2.29. The van der Waals surface area contributed by atoms with Crippen molar-refractivity contribution in [2.75, 3.05) is 27.2 Å². The number of aromatic nitrogens is 2. The molecule has 0 aliphatic carbocycles. The zero-order valence-electron chi connectivity index (χ0n) is 14.3. The Hall–Kier alpha value is -2.70. The van der Waals surface area contributed by atoms with Gasteiger partial charge in [0, 0.05) is 38.8 Å². The molecule has 1 aliphatic rings. The van der Waals surface area contributed by atoms with Gasteiger partial charge in [0.05, 0.1) is 6.42 Å². The average molecular weight is 344 g/mol. The fourth-order valence-corrected chi connectivity index (χ4v) is 3.01. The lowest BCUT2D eigenvalue weighted by molar-refractivity contribution is -0.129. The second kappa shape index (κ2) is 7.04. The number of aromatic amines is 1. The standard InChI is InChI=1S/C18H21FN4O2/c1-22(2)18(25)16-10-15(20-21-16)13-7-8-23(11-13)17(24)9-12-3-5-14(19)6-4-12/h3-6,10,13H,7-9,11H2,1-2H3,(H,20,21)/t13-/m0/s1. The molecule has 6 nitrogen and oxygen atoms in total. The van der Waals surface area contributed by atoms with Gasteiger partial charge < -0.3 is 9.80 Å². The van der Waals surface area contributed by atoms with Crippen molar-refractivity contribution in [3.05, 3.63) is 53.1 Å². The molecule has 0 bridgehead atoms. The number of halogens is 1. The molecule has 1 saturated heterocycles. The monoisotopic (exact) mass is 344 g/mol. The van der Waals surface area contributed by atoms with E-state index in [4.69, 9.17) is 0 Å². The van der Waals surface area contributed by atoms with Crippen molar-refractivity contribution in [1.29, 1.82) is 0 Å². The van der Waals surface area contributed by atoms with Gasteiger partial charge in [-0.15, -0.1) is 0 Å². The van der Waals surface area contributed by atoms with Gasteiger partial charge >= 0.3 is 0 Å². The summed E-state index contributed by atoms with van der Waals surface area (Å²) in [4.78, 5) is 27.6. The van der Waals surface area contributed by atoms with Crippen LogP contribution in [0.15, 0.2) is 30.3 Å². The number of benzene rings is 1. The van der Waals surface area contributed by atoms with Gasteiger partial charge in [-0.05, 0) is 30.2 Å². The first-order chi connectivity index (χ1) is 11.9. The van der Waals surface area contributed by atoms with E-state index in [0.717, 1.165) is 17.7 Å². The van der Waals surface area contributed by atoms with Crippen LogP contribution >= 0.6 is 0 Å². The van der Waals surface area contributed by atoms with Crippen molar-refractivity contribution >= 4 is 11.8 Å². The zero-order chi connectivity index (χ0) is 18.0. The Bertz CT molecular complexity index is 770. The predicted molar refractivity (Wildman–Crippen MR) is 90.6 cm³/mol. The topological polar surface area (TPSA) is 69.3 Å². The molecule has 1 aromatic heterocycles. The minimum Gasteiger partial charge on any atom is -0.343 e. The Balaban J connectivity index is 1.60. The maximum atomic E-state index is 12.9. The molecule has 0 radical (unpaired) electrons. The van der Waals surface area contributed by atoms with Crippen molar-refractivity contribution in [3.63, 3.8) is 0 Å². The quantitative estimate of drug-likeness (QED) is 0.920. The molecule has 0 spiro atoms. The van der Waals surface area contributed by atoms with E-state index < -0.39 is 0 Å². The highest BCUT2D eigenvalue weighted by Crippen LogP contribution is 2.27. The Morgan fingerprint density at radius 2 is 2.04 bits per heavy atom. The predicted octanol–water partition coefficient (Wildman–Crippen LogP) is 1.81. The molecule has 1 atom stereocenters. The Kier molecular flexibility index (Phi) is 4.83. The molecule has 1 aliphatic heterocycles. The number of hydrogen-bond donors (Lipinski definition) is 1. The first kappa shape index (κ1) is 17.1. The first-order valence-electron chi connectivity index (χ1n) is 8.23. The molecular weight excluding hydrogens is 323 g/mol. The molecule has 1 fully saturated rings. The van der Waals surface area contributed by atoms with Gasteiger partial charge in [-0.2, -0.15) is 5.10 Å². The SMILES string of the molecule is CN(C)C(=O)c1cc([C@H]2CCN(C(=O)Cc3ccc(F)cc3)C2)[nH]n1. The number of hydrogen-bond acceptors (Lipinski definition) is 3. The molecule has 1 aromatic carbocycles. The van der Waals surface area contributed by atoms with Crippen LogP contribution < -0.4 is 0 Å². The minimum absolute atomic E-state index is 0.0261.